The first-order valence-corrected chi connectivity index (χ1v) is 13.4. The van der Waals surface area contributed by atoms with Crippen molar-refractivity contribution in [1.29, 1.82) is 0 Å². The summed E-state index contributed by atoms with van der Waals surface area (Å²) in [5.74, 6) is 0.207. The van der Waals surface area contributed by atoms with E-state index in [4.69, 9.17) is 14.5 Å². The molecule has 0 aliphatic carbocycles. The van der Waals surface area contributed by atoms with Crippen LogP contribution in [0, 0.1) is 0 Å². The number of para-hydroxylation sites is 1. The quantitative estimate of drug-likeness (QED) is 0.328. The molecular weight excluding hydrogens is 496 g/mol. The monoisotopic (exact) mass is 524 g/mol. The molecular formula is C31H28N2O4S. The minimum atomic E-state index is -0.689. The molecule has 1 aromatic heterocycles. The zero-order valence-corrected chi connectivity index (χ0v) is 22.3. The molecule has 1 atom stereocenters. The molecule has 1 aliphatic rings. The first kappa shape index (κ1) is 25.4. The zero-order valence-electron chi connectivity index (χ0n) is 21.5. The van der Waals surface area contributed by atoms with E-state index in [-0.39, 0.29) is 18.3 Å². The van der Waals surface area contributed by atoms with Gasteiger partial charge in [-0.3, -0.25) is 9.36 Å². The van der Waals surface area contributed by atoms with E-state index in [9.17, 15) is 9.59 Å². The van der Waals surface area contributed by atoms with Crippen molar-refractivity contribution in [3.05, 3.63) is 127 Å². The lowest BCUT2D eigenvalue weighted by Crippen LogP contribution is -2.40. The minimum Gasteiger partial charge on any atom is -0.490 e. The average Bonchev–Trinajstić information content (AvgIpc) is 3.24. The highest BCUT2D eigenvalue weighted by molar-refractivity contribution is 7.07. The van der Waals surface area contributed by atoms with Crippen molar-refractivity contribution in [3.8, 4) is 5.75 Å². The number of fused-ring (bicyclic) bond motifs is 1. The molecule has 0 spiro atoms. The highest BCUT2D eigenvalue weighted by Gasteiger charge is 2.35. The van der Waals surface area contributed by atoms with Crippen LogP contribution >= 0.6 is 11.3 Å². The summed E-state index contributed by atoms with van der Waals surface area (Å²) in [6.45, 7) is 5.91. The molecule has 7 heteroatoms. The van der Waals surface area contributed by atoms with Crippen molar-refractivity contribution in [2.75, 3.05) is 6.61 Å². The van der Waals surface area contributed by atoms with Crippen molar-refractivity contribution in [3.63, 3.8) is 0 Å². The van der Waals surface area contributed by atoms with Gasteiger partial charge in [0.05, 0.1) is 34.6 Å². The van der Waals surface area contributed by atoms with Crippen LogP contribution in [-0.4, -0.2) is 23.2 Å². The Balaban J connectivity index is 1.80. The fourth-order valence-electron chi connectivity index (χ4n) is 4.49. The molecule has 3 aromatic carbocycles. The molecule has 38 heavy (non-hydrogen) atoms. The van der Waals surface area contributed by atoms with Gasteiger partial charge in [0.1, 0.15) is 5.75 Å². The third-order valence-electron chi connectivity index (χ3n) is 6.06. The summed E-state index contributed by atoms with van der Waals surface area (Å²) in [7, 11) is 0. The Morgan fingerprint density at radius 1 is 1.00 bits per heavy atom. The second-order valence-corrected chi connectivity index (χ2v) is 10.1. The number of esters is 1. The number of hydrogen-bond acceptors (Lipinski definition) is 6. The maximum absolute atomic E-state index is 14.0. The third kappa shape index (κ3) is 4.97. The molecule has 1 aliphatic heterocycles. The Hall–Kier alpha value is -4.23. The van der Waals surface area contributed by atoms with E-state index in [2.05, 4.69) is 0 Å². The number of aromatic nitrogens is 1. The molecule has 0 saturated heterocycles. The summed E-state index contributed by atoms with van der Waals surface area (Å²) in [6.07, 6.45) is 1.82. The molecule has 0 N–H and O–H groups in total. The van der Waals surface area contributed by atoms with Crippen LogP contribution in [0.15, 0.2) is 100 Å². The first-order valence-electron chi connectivity index (χ1n) is 12.6. The number of hydrogen-bond donors (Lipinski definition) is 0. The number of nitrogens with zero attached hydrogens (tertiary/aromatic N) is 2. The van der Waals surface area contributed by atoms with E-state index in [1.54, 1.807) is 11.5 Å². The third-order valence-corrected chi connectivity index (χ3v) is 7.04. The predicted octanol–water partition coefficient (Wildman–Crippen LogP) is 4.72. The van der Waals surface area contributed by atoms with Gasteiger partial charge >= 0.3 is 5.97 Å². The van der Waals surface area contributed by atoms with Crippen LogP contribution in [-0.2, 0) is 9.53 Å². The van der Waals surface area contributed by atoms with Crippen molar-refractivity contribution in [1.82, 2.24) is 4.57 Å². The van der Waals surface area contributed by atoms with Gasteiger partial charge in [0.25, 0.3) is 5.56 Å². The normalized spacial score (nSPS) is 15.3. The van der Waals surface area contributed by atoms with Gasteiger partial charge in [-0.1, -0.05) is 90.2 Å². The lowest BCUT2D eigenvalue weighted by atomic mass is 9.93. The number of thiazole rings is 1. The van der Waals surface area contributed by atoms with Crippen molar-refractivity contribution in [2.24, 2.45) is 4.99 Å². The van der Waals surface area contributed by atoms with Crippen molar-refractivity contribution in [2.45, 2.75) is 32.9 Å². The number of rotatable bonds is 7. The Bertz CT molecular complexity index is 1670. The van der Waals surface area contributed by atoms with Crippen LogP contribution in [0.1, 0.15) is 43.5 Å². The fourth-order valence-corrected chi connectivity index (χ4v) is 5.49. The van der Waals surface area contributed by atoms with E-state index in [0.717, 1.165) is 16.7 Å². The number of carbonyl (C=O) groups is 1. The summed E-state index contributed by atoms with van der Waals surface area (Å²) >= 11 is 1.29. The van der Waals surface area contributed by atoms with Gasteiger partial charge in [-0.15, -0.1) is 0 Å². The van der Waals surface area contributed by atoms with Crippen molar-refractivity contribution >= 4 is 29.1 Å². The van der Waals surface area contributed by atoms with Crippen LogP contribution in [0.25, 0.3) is 11.8 Å². The van der Waals surface area contributed by atoms with Gasteiger partial charge < -0.3 is 9.47 Å². The topological polar surface area (TPSA) is 69.9 Å². The zero-order chi connectivity index (χ0) is 26.6. The largest absolute Gasteiger partial charge is 0.490 e. The molecule has 4 aromatic rings. The lowest BCUT2D eigenvalue weighted by Gasteiger charge is -2.25. The van der Waals surface area contributed by atoms with Gasteiger partial charge in [0.2, 0.25) is 0 Å². The molecule has 5 rings (SSSR count). The second kappa shape index (κ2) is 11.0. The van der Waals surface area contributed by atoms with Crippen LogP contribution in [0.2, 0.25) is 0 Å². The van der Waals surface area contributed by atoms with Crippen LogP contribution in [0.5, 0.6) is 5.75 Å². The smallest absolute Gasteiger partial charge is 0.338 e. The standard InChI is InChI=1S/C31H28N2O4S/c1-4-36-30(35)26-27(21-13-7-5-8-14-21)32-31-33(28(26)22-15-9-6-10-16-22)29(34)25(38-31)19-23-17-11-12-18-24(23)37-20(2)3/h5-20,28H,4H2,1-3H3/b25-19-/t28-/m0/s1. The molecule has 0 radical (unpaired) electrons. The molecule has 6 nitrogen and oxygen atoms in total. The number of benzene rings is 3. The van der Waals surface area contributed by atoms with Gasteiger partial charge in [0.15, 0.2) is 4.80 Å². The molecule has 0 bridgehead atoms. The number of ether oxygens (including phenoxy) is 2. The summed E-state index contributed by atoms with van der Waals surface area (Å²) < 4.78 is 13.6. The fraction of sp³-hybridized carbons (Fsp3) is 0.194. The molecule has 0 saturated carbocycles. The van der Waals surface area contributed by atoms with Crippen LogP contribution in [0.3, 0.4) is 0 Å². The Morgan fingerprint density at radius 3 is 2.34 bits per heavy atom. The van der Waals surface area contributed by atoms with Gasteiger partial charge in [-0.25, -0.2) is 9.79 Å². The Morgan fingerprint density at radius 2 is 1.66 bits per heavy atom. The minimum absolute atomic E-state index is 0.00980. The van der Waals surface area contributed by atoms with Crippen LogP contribution < -0.4 is 19.6 Å². The number of carbonyl (C=O) groups excluding carboxylic acids is 1. The second-order valence-electron chi connectivity index (χ2n) is 9.05. The molecule has 0 unspecified atom stereocenters. The molecule has 0 amide bonds. The highest BCUT2D eigenvalue weighted by atomic mass is 32.1. The van der Waals surface area contributed by atoms with Crippen LogP contribution in [0.4, 0.5) is 0 Å². The summed E-state index contributed by atoms with van der Waals surface area (Å²) in [6, 6.07) is 26.0. The molecule has 0 fully saturated rings. The van der Waals surface area contributed by atoms with Gasteiger partial charge in [-0.05, 0) is 38.5 Å². The van der Waals surface area contributed by atoms with E-state index >= 15 is 0 Å². The van der Waals surface area contributed by atoms with E-state index in [1.807, 2.05) is 105 Å². The van der Waals surface area contributed by atoms with E-state index in [1.165, 1.54) is 11.3 Å². The Kier molecular flexibility index (Phi) is 7.38. The molecule has 2 heterocycles. The summed E-state index contributed by atoms with van der Waals surface area (Å²) in [4.78, 5) is 32.8. The lowest BCUT2D eigenvalue weighted by molar-refractivity contribution is -0.138. The first-order chi connectivity index (χ1) is 18.5. The summed E-state index contributed by atoms with van der Waals surface area (Å²) in [5.41, 5.74) is 3.01. The average molecular weight is 525 g/mol. The Labute approximate surface area is 224 Å². The maximum Gasteiger partial charge on any atom is 0.338 e. The van der Waals surface area contributed by atoms with Crippen molar-refractivity contribution < 1.29 is 14.3 Å². The highest BCUT2D eigenvalue weighted by Crippen LogP contribution is 2.35. The molecule has 192 valence electrons. The predicted molar refractivity (Wildman–Crippen MR) is 150 cm³/mol. The van der Waals surface area contributed by atoms with E-state index in [0.29, 0.717) is 26.4 Å². The van der Waals surface area contributed by atoms with Gasteiger partial charge in [0, 0.05) is 11.1 Å². The summed E-state index contributed by atoms with van der Waals surface area (Å²) in [5, 5.41) is 0. The SMILES string of the molecule is CCOC(=O)C1=C(c2ccccc2)N=c2s/c(=C\c3ccccc3OC(C)C)c(=O)n2[C@H]1c1ccccc1. The maximum atomic E-state index is 14.0. The van der Waals surface area contributed by atoms with Gasteiger partial charge in [-0.2, -0.15) is 0 Å². The van der Waals surface area contributed by atoms with E-state index < -0.39 is 12.0 Å².